The molecule has 0 aliphatic carbocycles. The van der Waals surface area contributed by atoms with Gasteiger partial charge in [-0.3, -0.25) is 4.90 Å². The monoisotopic (exact) mass is 456 g/mol. The predicted octanol–water partition coefficient (Wildman–Crippen LogP) is 3.59. The standard InChI is InChI=1S/C23H30F2N8/c1-14-12-32(13-18(14)31-7-5-6-8-31)21-16-11-27-19(26-4)10-17(16)33(30-21)20-9-15(2)28-22(29-20)23(3,24)25/h9-11,14,18H,5-8,12-13H2,1-4H3,(H,26,27). The van der Waals surface area contributed by atoms with Gasteiger partial charge in [-0.15, -0.1) is 5.10 Å². The van der Waals surface area contributed by atoms with Crippen LogP contribution in [0.2, 0.25) is 0 Å². The minimum Gasteiger partial charge on any atom is -0.373 e. The van der Waals surface area contributed by atoms with E-state index in [4.69, 9.17) is 5.10 Å². The van der Waals surface area contributed by atoms with Crippen LogP contribution in [-0.2, 0) is 5.92 Å². The number of pyridine rings is 1. The summed E-state index contributed by atoms with van der Waals surface area (Å²) in [6.07, 6.45) is 4.32. The number of aryl methyl sites for hydroxylation is 1. The van der Waals surface area contributed by atoms with E-state index in [0.29, 0.717) is 29.3 Å². The Morgan fingerprint density at radius 2 is 1.88 bits per heavy atom. The molecule has 2 atom stereocenters. The van der Waals surface area contributed by atoms with Gasteiger partial charge in [-0.2, -0.15) is 8.78 Å². The molecule has 0 spiro atoms. The van der Waals surface area contributed by atoms with Crippen LogP contribution in [0.15, 0.2) is 18.3 Å². The van der Waals surface area contributed by atoms with Gasteiger partial charge < -0.3 is 10.2 Å². The van der Waals surface area contributed by atoms with Gasteiger partial charge in [0.05, 0.1) is 10.9 Å². The van der Waals surface area contributed by atoms with Gasteiger partial charge >= 0.3 is 5.92 Å². The molecule has 3 aromatic rings. The van der Waals surface area contributed by atoms with Crippen molar-refractivity contribution in [3.05, 3.63) is 29.8 Å². The lowest BCUT2D eigenvalue weighted by atomic mass is 10.1. The Balaban J connectivity index is 1.60. The fraction of sp³-hybridized carbons (Fsp3) is 0.565. The van der Waals surface area contributed by atoms with Crippen LogP contribution >= 0.6 is 0 Å². The smallest absolute Gasteiger partial charge is 0.303 e. The Morgan fingerprint density at radius 1 is 1.12 bits per heavy atom. The lowest BCUT2D eigenvalue weighted by molar-refractivity contribution is 0.00747. The maximum atomic E-state index is 14.1. The van der Waals surface area contributed by atoms with E-state index in [1.165, 1.54) is 12.8 Å². The largest absolute Gasteiger partial charge is 0.373 e. The van der Waals surface area contributed by atoms with Crippen LogP contribution in [0.5, 0.6) is 0 Å². The number of hydrogen-bond acceptors (Lipinski definition) is 7. The molecule has 3 aromatic heterocycles. The normalized spacial score (nSPS) is 21.9. The van der Waals surface area contributed by atoms with Crippen LogP contribution in [0.1, 0.15) is 38.2 Å². The topological polar surface area (TPSA) is 75.0 Å². The first-order chi connectivity index (χ1) is 15.7. The Bertz CT molecular complexity index is 1170. The second-order valence-corrected chi connectivity index (χ2v) is 9.34. The molecule has 2 saturated heterocycles. The van der Waals surface area contributed by atoms with Gasteiger partial charge in [0.15, 0.2) is 11.6 Å². The third-order valence-electron chi connectivity index (χ3n) is 6.73. The van der Waals surface area contributed by atoms with Crippen molar-refractivity contribution in [2.24, 2.45) is 5.92 Å². The van der Waals surface area contributed by atoms with Crippen molar-refractivity contribution < 1.29 is 8.78 Å². The first-order valence-corrected chi connectivity index (χ1v) is 11.5. The average molecular weight is 457 g/mol. The summed E-state index contributed by atoms with van der Waals surface area (Å²) in [6, 6.07) is 4.05. The molecule has 5 heterocycles. The van der Waals surface area contributed by atoms with Crippen molar-refractivity contribution >= 4 is 22.5 Å². The highest BCUT2D eigenvalue weighted by Crippen LogP contribution is 2.35. The number of nitrogens with one attached hydrogen (secondary N) is 1. The lowest BCUT2D eigenvalue weighted by Gasteiger charge is -2.26. The third-order valence-corrected chi connectivity index (χ3v) is 6.73. The van der Waals surface area contributed by atoms with E-state index >= 15 is 0 Å². The highest BCUT2D eigenvalue weighted by molar-refractivity contribution is 5.92. The van der Waals surface area contributed by atoms with Crippen LogP contribution in [-0.4, -0.2) is 68.9 Å². The molecule has 33 heavy (non-hydrogen) atoms. The number of aromatic nitrogens is 5. The molecule has 0 radical (unpaired) electrons. The fourth-order valence-corrected chi connectivity index (χ4v) is 5.07. The van der Waals surface area contributed by atoms with E-state index < -0.39 is 11.7 Å². The third kappa shape index (κ3) is 4.01. The SMILES string of the molecule is CNc1cc2c(cn1)c(N1CC(C)C(N3CCCC3)C1)nn2-c1cc(C)nc(C(C)(F)F)n1. The van der Waals surface area contributed by atoms with E-state index in [1.54, 1.807) is 30.9 Å². The minimum atomic E-state index is -3.14. The van der Waals surface area contributed by atoms with Crippen LogP contribution in [0.3, 0.4) is 0 Å². The van der Waals surface area contributed by atoms with Crippen molar-refractivity contribution in [3.8, 4) is 5.82 Å². The van der Waals surface area contributed by atoms with Gasteiger partial charge in [0.1, 0.15) is 5.82 Å². The van der Waals surface area contributed by atoms with Gasteiger partial charge in [-0.25, -0.2) is 19.6 Å². The molecule has 1 N–H and O–H groups in total. The van der Waals surface area contributed by atoms with E-state index in [-0.39, 0.29) is 0 Å². The van der Waals surface area contributed by atoms with Crippen molar-refractivity contribution in [3.63, 3.8) is 0 Å². The fourth-order valence-electron chi connectivity index (χ4n) is 5.07. The Kier molecular flexibility index (Phi) is 5.43. The summed E-state index contributed by atoms with van der Waals surface area (Å²) >= 11 is 0. The van der Waals surface area contributed by atoms with Crippen LogP contribution in [0.25, 0.3) is 16.7 Å². The summed E-state index contributed by atoms with van der Waals surface area (Å²) in [6.45, 7) is 8.88. The van der Waals surface area contributed by atoms with Gasteiger partial charge in [-0.05, 0) is 38.8 Å². The molecular weight excluding hydrogens is 426 g/mol. The number of halogens is 2. The van der Waals surface area contributed by atoms with Crippen LogP contribution in [0, 0.1) is 12.8 Å². The van der Waals surface area contributed by atoms with E-state index in [9.17, 15) is 8.78 Å². The molecule has 0 bridgehead atoms. The number of fused-ring (bicyclic) bond motifs is 1. The first kappa shape index (κ1) is 21.9. The zero-order valence-corrected chi connectivity index (χ0v) is 19.5. The number of nitrogens with zero attached hydrogens (tertiary/aromatic N) is 7. The minimum absolute atomic E-state index is 0.326. The maximum Gasteiger partial charge on any atom is 0.303 e. The quantitative estimate of drug-likeness (QED) is 0.629. The Morgan fingerprint density at radius 3 is 2.58 bits per heavy atom. The number of rotatable bonds is 5. The molecule has 2 fully saturated rings. The highest BCUT2D eigenvalue weighted by Gasteiger charge is 2.37. The highest BCUT2D eigenvalue weighted by atomic mass is 19.3. The van der Waals surface area contributed by atoms with Crippen molar-refractivity contribution in [1.82, 2.24) is 29.6 Å². The molecule has 10 heteroatoms. The molecule has 2 unspecified atom stereocenters. The number of hydrogen-bond donors (Lipinski definition) is 1. The number of alkyl halides is 2. The number of anilines is 2. The molecule has 5 rings (SSSR count). The summed E-state index contributed by atoms with van der Waals surface area (Å²) in [5.74, 6) is -1.32. The Hall–Kier alpha value is -2.88. The summed E-state index contributed by atoms with van der Waals surface area (Å²) in [7, 11) is 1.79. The molecular formula is C23H30F2N8. The van der Waals surface area contributed by atoms with Crippen LogP contribution in [0.4, 0.5) is 20.4 Å². The molecule has 0 amide bonds. The Labute approximate surface area is 192 Å². The number of likely N-dealkylation sites (tertiary alicyclic amines) is 1. The molecule has 176 valence electrons. The van der Waals surface area contributed by atoms with Crippen molar-refractivity contribution in [2.75, 3.05) is 43.4 Å². The van der Waals surface area contributed by atoms with Gasteiger partial charge in [0.25, 0.3) is 0 Å². The van der Waals surface area contributed by atoms with Crippen molar-refractivity contribution in [2.45, 2.75) is 45.6 Å². The predicted molar refractivity (Wildman–Crippen MR) is 124 cm³/mol. The van der Waals surface area contributed by atoms with Crippen molar-refractivity contribution in [1.29, 1.82) is 0 Å². The van der Waals surface area contributed by atoms with Gasteiger partial charge in [0.2, 0.25) is 5.82 Å². The molecule has 8 nitrogen and oxygen atoms in total. The second kappa shape index (κ2) is 8.16. The van der Waals surface area contributed by atoms with Gasteiger partial charge in [-0.1, -0.05) is 6.92 Å². The van der Waals surface area contributed by atoms with E-state index in [0.717, 1.165) is 49.8 Å². The maximum absolute atomic E-state index is 14.1. The zero-order valence-electron chi connectivity index (χ0n) is 19.5. The summed E-state index contributed by atoms with van der Waals surface area (Å²) in [5, 5.41) is 8.83. The van der Waals surface area contributed by atoms with Gasteiger partial charge in [0, 0.05) is 57.1 Å². The first-order valence-electron chi connectivity index (χ1n) is 11.5. The molecule has 2 aliphatic rings. The zero-order chi connectivity index (χ0) is 23.3. The molecule has 0 aromatic carbocycles. The summed E-state index contributed by atoms with van der Waals surface area (Å²) in [5.41, 5.74) is 1.23. The van der Waals surface area contributed by atoms with E-state index in [1.807, 2.05) is 6.07 Å². The van der Waals surface area contributed by atoms with E-state index in [2.05, 4.69) is 37.0 Å². The molecule has 2 aliphatic heterocycles. The average Bonchev–Trinajstić information content (AvgIpc) is 3.50. The summed E-state index contributed by atoms with van der Waals surface area (Å²) in [4.78, 5) is 17.5. The van der Waals surface area contributed by atoms with Crippen LogP contribution < -0.4 is 10.2 Å². The second-order valence-electron chi connectivity index (χ2n) is 9.34. The molecule has 0 saturated carbocycles. The lowest BCUT2D eigenvalue weighted by Crippen LogP contribution is -2.38. The summed E-state index contributed by atoms with van der Waals surface area (Å²) < 4.78 is 29.8.